The second-order valence-electron chi connectivity index (χ2n) is 4.11. The lowest BCUT2D eigenvalue weighted by molar-refractivity contribution is 0.274. The van der Waals surface area contributed by atoms with Gasteiger partial charge in [-0.2, -0.15) is 0 Å². The molecule has 2 nitrogen and oxygen atoms in total. The van der Waals surface area contributed by atoms with Crippen molar-refractivity contribution in [3.05, 3.63) is 65.1 Å². The van der Waals surface area contributed by atoms with E-state index >= 15 is 0 Å². The number of ether oxygens (including phenoxy) is 1. The molecular weight excluding hydrogens is 267 g/mol. The third kappa shape index (κ3) is 2.56. The second kappa shape index (κ2) is 4.94. The van der Waals surface area contributed by atoms with E-state index in [1.54, 1.807) is 24.3 Å². The Morgan fingerprint density at radius 1 is 1.11 bits per heavy atom. The predicted octanol–water partition coefficient (Wildman–Crippen LogP) is 4.80. The molecule has 0 atom stereocenters. The maximum atomic E-state index is 13.1. The number of benzene rings is 2. The Morgan fingerprint density at radius 3 is 2.79 bits per heavy atom. The summed E-state index contributed by atoms with van der Waals surface area (Å²) in [6.45, 7) is 0.250. The van der Waals surface area contributed by atoms with Crippen molar-refractivity contribution in [2.75, 3.05) is 0 Å². The van der Waals surface area contributed by atoms with Gasteiger partial charge in [-0.1, -0.05) is 23.7 Å². The number of para-hydroxylation sites is 1. The minimum absolute atomic E-state index is 0.250. The Morgan fingerprint density at radius 2 is 1.95 bits per heavy atom. The van der Waals surface area contributed by atoms with Crippen LogP contribution in [-0.4, -0.2) is 0 Å². The summed E-state index contributed by atoms with van der Waals surface area (Å²) in [4.78, 5) is 0. The lowest BCUT2D eigenvalue weighted by Gasteiger charge is -2.05. The zero-order valence-electron chi connectivity index (χ0n) is 9.90. The zero-order valence-corrected chi connectivity index (χ0v) is 10.7. The van der Waals surface area contributed by atoms with Gasteiger partial charge < -0.3 is 9.15 Å². The first-order valence-electron chi connectivity index (χ1n) is 5.78. The number of hydrogen-bond acceptors (Lipinski definition) is 2. The topological polar surface area (TPSA) is 22.4 Å². The average molecular weight is 277 g/mol. The van der Waals surface area contributed by atoms with Crippen LogP contribution in [0.15, 0.2) is 52.9 Å². The summed E-state index contributed by atoms with van der Waals surface area (Å²) in [5.74, 6) is 0.934. The molecule has 0 aliphatic heterocycles. The Labute approximate surface area is 114 Å². The fourth-order valence-corrected chi connectivity index (χ4v) is 2.04. The normalized spacial score (nSPS) is 10.8. The summed E-state index contributed by atoms with van der Waals surface area (Å²) in [7, 11) is 0. The molecule has 1 heterocycles. The predicted molar refractivity (Wildman–Crippen MR) is 72.0 cm³/mol. The summed E-state index contributed by atoms with van der Waals surface area (Å²) in [5, 5.41) is 1.27. The van der Waals surface area contributed by atoms with Crippen molar-refractivity contribution in [2.45, 2.75) is 6.61 Å². The van der Waals surface area contributed by atoms with Crippen LogP contribution in [-0.2, 0) is 6.61 Å². The maximum absolute atomic E-state index is 13.1. The second-order valence-corrected chi connectivity index (χ2v) is 4.52. The van der Waals surface area contributed by atoms with Crippen molar-refractivity contribution in [2.24, 2.45) is 0 Å². The molecule has 3 rings (SSSR count). The summed E-state index contributed by atoms with van der Waals surface area (Å²) in [6.07, 6.45) is 0. The Hall–Kier alpha value is -2.00. The van der Waals surface area contributed by atoms with Gasteiger partial charge in [0, 0.05) is 5.39 Å². The van der Waals surface area contributed by atoms with Gasteiger partial charge in [0.1, 0.15) is 29.5 Å². The molecular formula is C15H10ClFO2. The SMILES string of the molecule is Fc1ccc2oc(COc3ccccc3Cl)cc2c1. The largest absolute Gasteiger partial charge is 0.484 e. The first-order valence-corrected chi connectivity index (χ1v) is 6.15. The number of fused-ring (bicyclic) bond motifs is 1. The van der Waals surface area contributed by atoms with Gasteiger partial charge in [0.05, 0.1) is 5.02 Å². The average Bonchev–Trinajstić information content (AvgIpc) is 2.79. The molecule has 4 heteroatoms. The number of hydrogen-bond donors (Lipinski definition) is 0. The van der Waals surface area contributed by atoms with E-state index in [2.05, 4.69) is 0 Å². The molecule has 3 aromatic rings. The Kier molecular flexibility index (Phi) is 3.13. The molecule has 0 saturated carbocycles. The van der Waals surface area contributed by atoms with E-state index in [1.165, 1.54) is 12.1 Å². The molecule has 0 aliphatic rings. The van der Waals surface area contributed by atoms with E-state index in [9.17, 15) is 4.39 Å². The highest BCUT2D eigenvalue weighted by Gasteiger charge is 2.06. The van der Waals surface area contributed by atoms with Crippen LogP contribution in [0, 0.1) is 5.82 Å². The zero-order chi connectivity index (χ0) is 13.2. The van der Waals surface area contributed by atoms with E-state index in [4.69, 9.17) is 20.8 Å². The van der Waals surface area contributed by atoms with Gasteiger partial charge in [-0.05, 0) is 36.4 Å². The molecule has 0 radical (unpaired) electrons. The molecule has 96 valence electrons. The lowest BCUT2D eigenvalue weighted by atomic mass is 10.2. The summed E-state index contributed by atoms with van der Waals surface area (Å²) >= 11 is 5.98. The van der Waals surface area contributed by atoms with E-state index in [0.29, 0.717) is 22.1 Å². The van der Waals surface area contributed by atoms with E-state index in [1.807, 2.05) is 12.1 Å². The molecule has 0 fully saturated rings. The molecule has 0 spiro atoms. The van der Waals surface area contributed by atoms with E-state index in [0.717, 1.165) is 5.39 Å². The third-order valence-electron chi connectivity index (χ3n) is 2.74. The summed E-state index contributed by atoms with van der Waals surface area (Å²) < 4.78 is 24.2. The fourth-order valence-electron chi connectivity index (χ4n) is 1.85. The molecule has 19 heavy (non-hydrogen) atoms. The van der Waals surface area contributed by atoms with Crippen LogP contribution in [0.5, 0.6) is 5.75 Å². The third-order valence-corrected chi connectivity index (χ3v) is 3.05. The molecule has 0 amide bonds. The maximum Gasteiger partial charge on any atom is 0.146 e. The van der Waals surface area contributed by atoms with E-state index in [-0.39, 0.29) is 12.4 Å². The van der Waals surface area contributed by atoms with Crippen molar-refractivity contribution in [1.82, 2.24) is 0 Å². The number of furan rings is 1. The molecule has 0 bridgehead atoms. The molecule has 0 saturated heterocycles. The lowest BCUT2D eigenvalue weighted by Crippen LogP contribution is -1.93. The molecule has 0 unspecified atom stereocenters. The minimum Gasteiger partial charge on any atom is -0.484 e. The standard InChI is InChI=1S/C15H10ClFO2/c16-13-3-1-2-4-15(13)18-9-12-8-10-7-11(17)5-6-14(10)19-12/h1-8H,9H2. The van der Waals surface area contributed by atoms with Gasteiger partial charge in [-0.3, -0.25) is 0 Å². The monoisotopic (exact) mass is 276 g/mol. The van der Waals surface area contributed by atoms with Gasteiger partial charge in [-0.15, -0.1) is 0 Å². The highest BCUT2D eigenvalue weighted by Crippen LogP contribution is 2.26. The van der Waals surface area contributed by atoms with Crippen LogP contribution in [0.25, 0.3) is 11.0 Å². The van der Waals surface area contributed by atoms with E-state index < -0.39 is 0 Å². The van der Waals surface area contributed by atoms with Crippen molar-refractivity contribution >= 4 is 22.6 Å². The molecule has 1 aromatic heterocycles. The quantitative estimate of drug-likeness (QED) is 0.685. The van der Waals surface area contributed by atoms with Crippen LogP contribution >= 0.6 is 11.6 Å². The minimum atomic E-state index is -0.285. The van der Waals surface area contributed by atoms with Crippen LogP contribution in [0.3, 0.4) is 0 Å². The van der Waals surface area contributed by atoms with Crippen LogP contribution in [0.2, 0.25) is 5.02 Å². The highest BCUT2D eigenvalue weighted by atomic mass is 35.5. The molecule has 2 aromatic carbocycles. The first-order chi connectivity index (χ1) is 9.22. The van der Waals surface area contributed by atoms with Gasteiger partial charge in [0.15, 0.2) is 0 Å². The van der Waals surface area contributed by atoms with Crippen LogP contribution < -0.4 is 4.74 Å². The fraction of sp³-hybridized carbons (Fsp3) is 0.0667. The van der Waals surface area contributed by atoms with Gasteiger partial charge in [-0.25, -0.2) is 4.39 Å². The van der Waals surface area contributed by atoms with Gasteiger partial charge in [0.2, 0.25) is 0 Å². The van der Waals surface area contributed by atoms with Crippen LogP contribution in [0.4, 0.5) is 4.39 Å². The summed E-state index contributed by atoms with van der Waals surface area (Å²) in [6, 6.07) is 13.4. The summed E-state index contributed by atoms with van der Waals surface area (Å²) in [5.41, 5.74) is 0.638. The number of halogens is 2. The van der Waals surface area contributed by atoms with Gasteiger partial charge in [0.25, 0.3) is 0 Å². The Balaban J connectivity index is 1.80. The van der Waals surface area contributed by atoms with Gasteiger partial charge >= 0.3 is 0 Å². The molecule has 0 aliphatic carbocycles. The van der Waals surface area contributed by atoms with Crippen molar-refractivity contribution in [1.29, 1.82) is 0 Å². The number of rotatable bonds is 3. The van der Waals surface area contributed by atoms with Crippen molar-refractivity contribution in [3.63, 3.8) is 0 Å². The smallest absolute Gasteiger partial charge is 0.146 e. The van der Waals surface area contributed by atoms with Crippen molar-refractivity contribution in [3.8, 4) is 5.75 Å². The van der Waals surface area contributed by atoms with Crippen molar-refractivity contribution < 1.29 is 13.5 Å². The molecule has 0 N–H and O–H groups in total. The first kappa shape index (κ1) is 12.1. The Bertz CT molecular complexity index is 721. The van der Waals surface area contributed by atoms with Crippen LogP contribution in [0.1, 0.15) is 5.76 Å². The highest BCUT2D eigenvalue weighted by molar-refractivity contribution is 6.32.